The molecular weight excluding hydrogens is 423 g/mol. The predicted molar refractivity (Wildman–Crippen MR) is 119 cm³/mol. The summed E-state index contributed by atoms with van der Waals surface area (Å²) in [5.41, 5.74) is -0.635. The lowest BCUT2D eigenvalue weighted by Gasteiger charge is -2.23. The smallest absolute Gasteiger partial charge is 0.407 e. The van der Waals surface area contributed by atoms with E-state index in [2.05, 4.69) is 5.32 Å². The van der Waals surface area contributed by atoms with Gasteiger partial charge in [0.05, 0.1) is 18.3 Å². The van der Waals surface area contributed by atoms with Crippen LogP contribution in [0.2, 0.25) is 0 Å². The number of aryl methyl sites for hydroxylation is 1. The minimum Gasteiger partial charge on any atom is -0.462 e. The third kappa shape index (κ3) is 4.98. The van der Waals surface area contributed by atoms with Crippen LogP contribution in [0, 0.1) is 12.7 Å². The first-order valence-electron chi connectivity index (χ1n) is 10.2. The lowest BCUT2D eigenvalue weighted by atomic mass is 10.1. The monoisotopic (exact) mass is 450 g/mol. The van der Waals surface area contributed by atoms with Crippen LogP contribution in [0.25, 0.3) is 10.1 Å². The molecule has 1 saturated heterocycles. The van der Waals surface area contributed by atoms with Crippen molar-refractivity contribution in [2.45, 2.75) is 52.7 Å². The van der Waals surface area contributed by atoms with Gasteiger partial charge in [-0.2, -0.15) is 0 Å². The molecule has 168 valence electrons. The first kappa shape index (κ1) is 23.0. The third-order valence-corrected chi connectivity index (χ3v) is 5.89. The number of nitrogens with zero attached hydrogens (tertiary/aromatic N) is 1. The highest BCUT2D eigenvalue weighted by atomic mass is 32.1. The quantitative estimate of drug-likeness (QED) is 0.709. The van der Waals surface area contributed by atoms with E-state index in [0.29, 0.717) is 29.9 Å². The Bertz CT molecular complexity index is 1080. The molecule has 7 nitrogen and oxygen atoms in total. The molecule has 1 aromatic heterocycles. The first-order chi connectivity index (χ1) is 14.5. The van der Waals surface area contributed by atoms with E-state index in [1.165, 1.54) is 23.6 Å². The van der Waals surface area contributed by atoms with Crippen LogP contribution >= 0.6 is 11.3 Å². The second-order valence-corrected chi connectivity index (χ2v) is 9.40. The molecule has 0 saturated carbocycles. The molecule has 0 aliphatic carbocycles. The van der Waals surface area contributed by atoms with Gasteiger partial charge in [-0.3, -0.25) is 4.79 Å². The fourth-order valence-electron chi connectivity index (χ4n) is 3.58. The second kappa shape index (κ2) is 8.82. The summed E-state index contributed by atoms with van der Waals surface area (Å²) in [4.78, 5) is 38.7. The van der Waals surface area contributed by atoms with Crippen LogP contribution in [0.4, 0.5) is 14.9 Å². The van der Waals surface area contributed by atoms with Gasteiger partial charge in [0.15, 0.2) is 0 Å². The molecule has 1 N–H and O–H groups in total. The number of esters is 1. The number of hydrogen-bond acceptors (Lipinski definition) is 7. The van der Waals surface area contributed by atoms with E-state index in [4.69, 9.17) is 9.47 Å². The van der Waals surface area contributed by atoms with Crippen molar-refractivity contribution in [2.75, 3.05) is 24.6 Å². The van der Waals surface area contributed by atoms with E-state index >= 15 is 4.39 Å². The van der Waals surface area contributed by atoms with Crippen molar-refractivity contribution < 1.29 is 23.5 Å². The van der Waals surface area contributed by atoms with Crippen LogP contribution in [0.15, 0.2) is 16.2 Å². The maximum atomic E-state index is 15.3. The number of nitrogens with one attached hydrogen (secondary N) is 1. The molecule has 1 atom stereocenters. The molecule has 1 aliphatic heterocycles. The molecule has 1 amide bonds. The molecule has 0 radical (unpaired) electrons. The highest BCUT2D eigenvalue weighted by Gasteiger charge is 2.29. The molecule has 0 bridgehead atoms. The zero-order chi connectivity index (χ0) is 22.9. The van der Waals surface area contributed by atoms with Crippen LogP contribution < -0.4 is 15.6 Å². The number of fused-ring (bicyclic) bond motifs is 1. The van der Waals surface area contributed by atoms with E-state index in [-0.39, 0.29) is 29.2 Å². The zero-order valence-electron chi connectivity index (χ0n) is 18.3. The number of benzene rings is 1. The Morgan fingerprint density at radius 3 is 2.71 bits per heavy atom. The Morgan fingerprint density at radius 1 is 1.35 bits per heavy atom. The fraction of sp³-hybridized carbons (Fsp3) is 0.500. The number of alkyl carbamates (subject to hydrolysis) is 1. The van der Waals surface area contributed by atoms with Crippen molar-refractivity contribution in [3.8, 4) is 0 Å². The molecule has 2 aromatic rings. The van der Waals surface area contributed by atoms with Gasteiger partial charge in [-0.15, -0.1) is 11.3 Å². The van der Waals surface area contributed by atoms with Crippen molar-refractivity contribution >= 4 is 39.2 Å². The van der Waals surface area contributed by atoms with Crippen LogP contribution in [-0.2, 0) is 9.47 Å². The number of carbonyl (C=O) groups is 2. The van der Waals surface area contributed by atoms with Crippen LogP contribution in [-0.4, -0.2) is 43.4 Å². The molecule has 1 aromatic carbocycles. The van der Waals surface area contributed by atoms with Crippen LogP contribution in [0.5, 0.6) is 0 Å². The lowest BCUT2D eigenvalue weighted by Crippen LogP contribution is -2.40. The molecule has 1 aliphatic rings. The maximum Gasteiger partial charge on any atom is 0.407 e. The largest absolute Gasteiger partial charge is 0.462 e. The summed E-state index contributed by atoms with van der Waals surface area (Å²) in [5, 5.41) is 4.48. The Kier molecular flexibility index (Phi) is 6.54. The number of carbonyl (C=O) groups excluding carboxylic acids is 2. The van der Waals surface area contributed by atoms with Gasteiger partial charge in [0.25, 0.3) is 0 Å². The molecular formula is C22H27FN2O5S. The van der Waals surface area contributed by atoms with Crippen LogP contribution in [0.3, 0.4) is 0 Å². The minimum atomic E-state index is -0.704. The van der Waals surface area contributed by atoms with Gasteiger partial charge in [0.1, 0.15) is 17.0 Å². The standard InChI is InChI=1S/C22H27FN2O5S/c1-6-29-20(27)14-11-31-16-9-15(18(23)12(2)17(16)19(14)26)25-8-7-13(10-25)24-21(28)30-22(3,4)5/h9,11,13H,6-8,10H2,1-5H3,(H,24,28). The molecule has 1 fully saturated rings. The number of hydrogen-bond donors (Lipinski definition) is 1. The Morgan fingerprint density at radius 2 is 2.06 bits per heavy atom. The van der Waals surface area contributed by atoms with Gasteiger partial charge in [-0.1, -0.05) is 0 Å². The summed E-state index contributed by atoms with van der Waals surface area (Å²) in [6.07, 6.45) is 0.146. The van der Waals surface area contributed by atoms with E-state index < -0.39 is 28.9 Å². The van der Waals surface area contributed by atoms with Crippen molar-refractivity contribution in [1.82, 2.24) is 5.32 Å². The number of rotatable bonds is 4. The average molecular weight is 451 g/mol. The van der Waals surface area contributed by atoms with Gasteiger partial charge < -0.3 is 19.7 Å². The van der Waals surface area contributed by atoms with Crippen LogP contribution in [0.1, 0.15) is 50.0 Å². The Hall–Kier alpha value is -2.68. The molecule has 0 spiro atoms. The number of amides is 1. The van der Waals surface area contributed by atoms with E-state index in [1.54, 1.807) is 33.8 Å². The number of ether oxygens (including phenoxy) is 2. The summed E-state index contributed by atoms with van der Waals surface area (Å²) < 4.78 is 26.1. The lowest BCUT2D eigenvalue weighted by molar-refractivity contribution is 0.0503. The highest BCUT2D eigenvalue weighted by Crippen LogP contribution is 2.33. The summed E-state index contributed by atoms with van der Waals surface area (Å²) in [6, 6.07) is 1.46. The van der Waals surface area contributed by atoms with E-state index in [0.717, 1.165) is 0 Å². The number of anilines is 1. The Labute approximate surface area is 184 Å². The Balaban J connectivity index is 1.86. The normalized spacial score (nSPS) is 16.5. The molecule has 3 rings (SSSR count). The fourth-order valence-corrected chi connectivity index (χ4v) is 4.57. The SMILES string of the molecule is CCOC(=O)c1csc2cc(N3CCC(NC(=O)OC(C)(C)C)C3)c(F)c(C)c2c1=O. The van der Waals surface area contributed by atoms with Gasteiger partial charge in [-0.25, -0.2) is 14.0 Å². The maximum absolute atomic E-state index is 15.3. The van der Waals surface area contributed by atoms with Gasteiger partial charge in [0.2, 0.25) is 5.43 Å². The van der Waals surface area contributed by atoms with E-state index in [1.807, 2.05) is 4.90 Å². The summed E-state index contributed by atoms with van der Waals surface area (Å²) in [6.45, 7) is 9.70. The topological polar surface area (TPSA) is 84.9 Å². The molecule has 31 heavy (non-hydrogen) atoms. The molecule has 9 heteroatoms. The van der Waals surface area contributed by atoms with E-state index in [9.17, 15) is 14.4 Å². The van der Waals surface area contributed by atoms with Gasteiger partial charge in [-0.05, 0) is 52.7 Å². The van der Waals surface area contributed by atoms with Gasteiger partial charge in [0, 0.05) is 28.6 Å². The minimum absolute atomic E-state index is 0.0857. The third-order valence-electron chi connectivity index (χ3n) is 4.96. The van der Waals surface area contributed by atoms with Crippen molar-refractivity contribution in [1.29, 1.82) is 0 Å². The molecule has 2 heterocycles. The second-order valence-electron chi connectivity index (χ2n) is 8.48. The van der Waals surface area contributed by atoms with Crippen molar-refractivity contribution in [3.05, 3.63) is 38.6 Å². The highest BCUT2D eigenvalue weighted by molar-refractivity contribution is 7.16. The van der Waals surface area contributed by atoms with Gasteiger partial charge >= 0.3 is 12.1 Å². The summed E-state index contributed by atoms with van der Waals surface area (Å²) in [5.74, 6) is -1.21. The average Bonchev–Trinajstić information content (AvgIpc) is 3.11. The summed E-state index contributed by atoms with van der Waals surface area (Å²) in [7, 11) is 0. The van der Waals surface area contributed by atoms with Crippen molar-refractivity contribution in [2.24, 2.45) is 0 Å². The zero-order valence-corrected chi connectivity index (χ0v) is 19.2. The first-order valence-corrected chi connectivity index (χ1v) is 11.1. The van der Waals surface area contributed by atoms with Crippen molar-refractivity contribution in [3.63, 3.8) is 0 Å². The summed E-state index contributed by atoms with van der Waals surface area (Å²) >= 11 is 1.20. The predicted octanol–water partition coefficient (Wildman–Crippen LogP) is 3.99. The molecule has 1 unspecified atom stereocenters. The number of halogens is 1.